The predicted molar refractivity (Wildman–Crippen MR) is 129 cm³/mol. The molecule has 6 nitrogen and oxygen atoms in total. The number of hydrogen-bond acceptors (Lipinski definition) is 5. The van der Waals surface area contributed by atoms with E-state index in [1.165, 1.54) is 4.88 Å². The molecule has 0 atom stereocenters. The minimum absolute atomic E-state index is 0. The van der Waals surface area contributed by atoms with Gasteiger partial charge in [-0.1, -0.05) is 13.0 Å². The van der Waals surface area contributed by atoms with Gasteiger partial charge in [-0.2, -0.15) is 0 Å². The van der Waals surface area contributed by atoms with Gasteiger partial charge >= 0.3 is 0 Å². The molecule has 2 aromatic rings. The van der Waals surface area contributed by atoms with E-state index in [-0.39, 0.29) is 24.0 Å². The van der Waals surface area contributed by atoms with Crippen molar-refractivity contribution >= 4 is 47.1 Å². The third-order valence-electron chi connectivity index (χ3n) is 4.70. The Morgan fingerprint density at radius 2 is 2.07 bits per heavy atom. The van der Waals surface area contributed by atoms with Crippen molar-refractivity contribution in [3.8, 4) is 0 Å². The van der Waals surface area contributed by atoms with Crippen LogP contribution < -0.4 is 15.5 Å². The van der Waals surface area contributed by atoms with Gasteiger partial charge in [0.1, 0.15) is 10.8 Å². The standard InChI is InChI=1S/C20H30N6S.HI/c1-4-17-13-22-19(27-17)14-23-20(21-5-2)25-16-9-11-26(12-10-16)18-8-6-7-15(3)24-18;/h6-8,13,16H,4-5,9-12,14H2,1-3H3,(H2,21,23,25);1H. The second kappa shape index (κ2) is 11.5. The summed E-state index contributed by atoms with van der Waals surface area (Å²) in [5.74, 6) is 1.97. The van der Waals surface area contributed by atoms with E-state index in [0.29, 0.717) is 12.6 Å². The van der Waals surface area contributed by atoms with Crippen molar-refractivity contribution in [1.82, 2.24) is 20.6 Å². The maximum absolute atomic E-state index is 4.73. The SMILES string of the molecule is CCNC(=NCc1ncc(CC)s1)NC1CCN(c2cccc(C)n2)CC1.I. The van der Waals surface area contributed by atoms with Gasteiger partial charge in [-0.3, -0.25) is 0 Å². The number of hydrogen-bond donors (Lipinski definition) is 2. The summed E-state index contributed by atoms with van der Waals surface area (Å²) < 4.78 is 0. The molecular weight excluding hydrogens is 483 g/mol. The number of nitrogens with zero attached hydrogens (tertiary/aromatic N) is 4. The zero-order chi connectivity index (χ0) is 19.1. The Morgan fingerprint density at radius 1 is 1.29 bits per heavy atom. The number of aliphatic imine (C=N–C) groups is 1. The molecule has 0 spiro atoms. The molecule has 0 amide bonds. The maximum Gasteiger partial charge on any atom is 0.191 e. The second-order valence-corrected chi connectivity index (χ2v) is 8.01. The Labute approximate surface area is 189 Å². The molecule has 2 N–H and O–H groups in total. The summed E-state index contributed by atoms with van der Waals surface area (Å²) in [7, 11) is 0. The molecule has 0 aliphatic carbocycles. The van der Waals surface area contributed by atoms with E-state index in [2.05, 4.69) is 51.5 Å². The first-order valence-electron chi connectivity index (χ1n) is 9.85. The van der Waals surface area contributed by atoms with Crippen LogP contribution in [0.2, 0.25) is 0 Å². The molecule has 28 heavy (non-hydrogen) atoms. The molecule has 1 aliphatic heterocycles. The average molecular weight is 514 g/mol. The van der Waals surface area contributed by atoms with Gasteiger partial charge in [-0.15, -0.1) is 35.3 Å². The molecule has 8 heteroatoms. The van der Waals surface area contributed by atoms with Gasteiger partial charge < -0.3 is 15.5 Å². The smallest absolute Gasteiger partial charge is 0.191 e. The van der Waals surface area contributed by atoms with Crippen LogP contribution >= 0.6 is 35.3 Å². The monoisotopic (exact) mass is 514 g/mol. The van der Waals surface area contributed by atoms with E-state index in [4.69, 9.17) is 4.99 Å². The quantitative estimate of drug-likeness (QED) is 0.349. The zero-order valence-electron chi connectivity index (χ0n) is 16.9. The lowest BCUT2D eigenvalue weighted by molar-refractivity contribution is 0.459. The predicted octanol–water partition coefficient (Wildman–Crippen LogP) is 3.75. The molecule has 0 unspecified atom stereocenters. The Balaban J connectivity index is 0.00000280. The number of guanidine groups is 1. The number of pyridine rings is 1. The lowest BCUT2D eigenvalue weighted by Gasteiger charge is -2.34. The van der Waals surface area contributed by atoms with Crippen LogP contribution in [0.3, 0.4) is 0 Å². The molecule has 1 saturated heterocycles. The van der Waals surface area contributed by atoms with Crippen LogP contribution in [0.25, 0.3) is 0 Å². The minimum atomic E-state index is 0. The summed E-state index contributed by atoms with van der Waals surface area (Å²) in [5.41, 5.74) is 1.07. The van der Waals surface area contributed by atoms with E-state index in [1.54, 1.807) is 11.3 Å². The van der Waals surface area contributed by atoms with Gasteiger partial charge in [0.2, 0.25) is 0 Å². The highest BCUT2D eigenvalue weighted by molar-refractivity contribution is 14.0. The molecule has 3 heterocycles. The summed E-state index contributed by atoms with van der Waals surface area (Å²) in [6.07, 6.45) is 5.16. The normalized spacial score (nSPS) is 15.2. The van der Waals surface area contributed by atoms with Crippen LogP contribution in [0, 0.1) is 6.92 Å². The number of thiazole rings is 1. The van der Waals surface area contributed by atoms with Crippen molar-refractivity contribution < 1.29 is 0 Å². The number of rotatable bonds is 6. The van der Waals surface area contributed by atoms with Gasteiger partial charge in [0, 0.05) is 42.4 Å². The van der Waals surface area contributed by atoms with Crippen molar-refractivity contribution in [2.75, 3.05) is 24.5 Å². The Hall–Kier alpha value is -1.42. The van der Waals surface area contributed by atoms with Crippen molar-refractivity contribution in [2.24, 2.45) is 4.99 Å². The number of piperidine rings is 1. The molecule has 154 valence electrons. The van der Waals surface area contributed by atoms with Crippen LogP contribution in [0.15, 0.2) is 29.4 Å². The van der Waals surface area contributed by atoms with Gasteiger partial charge in [-0.05, 0) is 45.2 Å². The number of nitrogens with one attached hydrogen (secondary N) is 2. The second-order valence-electron chi connectivity index (χ2n) is 6.81. The van der Waals surface area contributed by atoms with Gasteiger partial charge in [-0.25, -0.2) is 15.0 Å². The summed E-state index contributed by atoms with van der Waals surface area (Å²) in [6, 6.07) is 6.67. The Bertz CT molecular complexity index is 755. The molecule has 0 bridgehead atoms. The van der Waals surface area contributed by atoms with Crippen molar-refractivity contribution in [2.45, 2.75) is 52.6 Å². The lowest BCUT2D eigenvalue weighted by atomic mass is 10.1. The van der Waals surface area contributed by atoms with Gasteiger partial charge in [0.15, 0.2) is 5.96 Å². The maximum atomic E-state index is 4.73. The topological polar surface area (TPSA) is 65.4 Å². The largest absolute Gasteiger partial charge is 0.357 e. The summed E-state index contributed by atoms with van der Waals surface area (Å²) in [5, 5.41) is 8.03. The Kier molecular flexibility index (Phi) is 9.43. The lowest BCUT2D eigenvalue weighted by Crippen LogP contribution is -2.48. The first-order chi connectivity index (χ1) is 13.2. The van der Waals surface area contributed by atoms with E-state index in [0.717, 1.165) is 61.4 Å². The molecule has 1 aliphatic rings. The fraction of sp³-hybridized carbons (Fsp3) is 0.550. The van der Waals surface area contributed by atoms with Crippen molar-refractivity contribution in [1.29, 1.82) is 0 Å². The van der Waals surface area contributed by atoms with Crippen LogP contribution in [-0.2, 0) is 13.0 Å². The Morgan fingerprint density at radius 3 is 2.71 bits per heavy atom. The average Bonchev–Trinajstić information content (AvgIpc) is 3.15. The van der Waals surface area contributed by atoms with Crippen LogP contribution in [0.5, 0.6) is 0 Å². The molecule has 0 radical (unpaired) electrons. The summed E-state index contributed by atoms with van der Waals surface area (Å²) in [4.78, 5) is 17.5. The highest BCUT2D eigenvalue weighted by Crippen LogP contribution is 2.18. The van der Waals surface area contributed by atoms with E-state index in [9.17, 15) is 0 Å². The highest BCUT2D eigenvalue weighted by atomic mass is 127. The number of aromatic nitrogens is 2. The molecule has 3 rings (SSSR count). The summed E-state index contributed by atoms with van der Waals surface area (Å²) in [6.45, 7) is 9.82. The fourth-order valence-electron chi connectivity index (χ4n) is 3.20. The molecule has 2 aromatic heterocycles. The van der Waals surface area contributed by atoms with Crippen molar-refractivity contribution in [3.63, 3.8) is 0 Å². The van der Waals surface area contributed by atoms with Crippen LogP contribution in [0.4, 0.5) is 5.82 Å². The first-order valence-corrected chi connectivity index (χ1v) is 10.7. The van der Waals surface area contributed by atoms with E-state index in [1.807, 2.05) is 19.2 Å². The van der Waals surface area contributed by atoms with E-state index >= 15 is 0 Å². The number of halogens is 1. The van der Waals surface area contributed by atoms with E-state index < -0.39 is 0 Å². The molecule has 0 saturated carbocycles. The van der Waals surface area contributed by atoms with Gasteiger partial charge in [0.05, 0.1) is 6.54 Å². The van der Waals surface area contributed by atoms with Crippen molar-refractivity contribution in [3.05, 3.63) is 40.0 Å². The highest BCUT2D eigenvalue weighted by Gasteiger charge is 2.21. The molecule has 0 aromatic carbocycles. The van der Waals surface area contributed by atoms with Gasteiger partial charge in [0.25, 0.3) is 0 Å². The fourth-order valence-corrected chi connectivity index (χ4v) is 3.99. The molecular formula is C20H31IN6S. The first kappa shape index (κ1) is 22.9. The molecule has 1 fully saturated rings. The number of anilines is 1. The summed E-state index contributed by atoms with van der Waals surface area (Å²) >= 11 is 1.75. The number of aryl methyl sites for hydroxylation is 2. The van der Waals surface area contributed by atoms with Crippen LogP contribution in [0.1, 0.15) is 42.3 Å². The van der Waals surface area contributed by atoms with Crippen LogP contribution in [-0.4, -0.2) is 41.6 Å². The third kappa shape index (κ3) is 6.58. The third-order valence-corrected chi connectivity index (χ3v) is 5.83. The zero-order valence-corrected chi connectivity index (χ0v) is 20.1. The minimum Gasteiger partial charge on any atom is -0.357 e.